The van der Waals surface area contributed by atoms with E-state index >= 15 is 4.39 Å². The molecule has 4 atom stereocenters. The van der Waals surface area contributed by atoms with Crippen molar-refractivity contribution in [3.63, 3.8) is 0 Å². The van der Waals surface area contributed by atoms with Crippen molar-refractivity contribution in [2.24, 2.45) is 0 Å². The molecule has 6 heterocycles. The van der Waals surface area contributed by atoms with Gasteiger partial charge in [0, 0.05) is 49.0 Å². The third kappa shape index (κ3) is 10.2. The second-order valence-corrected chi connectivity index (χ2v) is 27.2. The fourth-order valence-corrected chi connectivity index (χ4v) is 17.4. The molecule has 8 rings (SSSR count). The quantitative estimate of drug-likeness (QED) is 0.0456. The second-order valence-electron chi connectivity index (χ2n) is 21.6. The van der Waals surface area contributed by atoms with Gasteiger partial charge in [-0.2, -0.15) is 9.97 Å². The highest BCUT2D eigenvalue weighted by Gasteiger charge is 2.50. The second kappa shape index (κ2) is 20.9. The lowest BCUT2D eigenvalue weighted by Gasteiger charge is -2.42. The number of carbonyl (C=O) groups is 2. The van der Waals surface area contributed by atoms with Crippen LogP contribution in [0.2, 0.25) is 16.6 Å². The summed E-state index contributed by atoms with van der Waals surface area (Å²) in [5.41, 5.74) is 5.72. The van der Waals surface area contributed by atoms with E-state index in [0.29, 0.717) is 72.1 Å². The predicted octanol–water partition coefficient (Wildman–Crippen LogP) is 10.1. The smallest absolute Gasteiger partial charge is 0.410 e. The normalized spacial score (nSPS) is 21.5. The molecule has 4 aromatic rings. The standard InChI is InChI=1S/C54H73FN6O8Si/c1-12-66-45(62)31-65-30-41-19-22-54(21-14-23-60(41)54)32-67-51-57-49-44(50(58-51)59-28-39-17-18-40(29-59)61(39)52(63)69-53(8,9)10)27-56-48(47(49)55)43-26-42(68-33-64-11)25-38-16-13-15-37(46(38)43)20-24-70(34(2)3,35(4)5)36(6)7/h13,15-16,25-27,34-36,39-41H,12,14,17-19,21-23,28-33H2,1-11H3/t39?,40?,41-,54-/m0/s1. The van der Waals surface area contributed by atoms with Gasteiger partial charge in [0.2, 0.25) is 0 Å². The van der Waals surface area contributed by atoms with Crippen LogP contribution in [-0.2, 0) is 23.7 Å². The molecule has 2 aromatic heterocycles. The Balaban J connectivity index is 1.22. The molecule has 2 bridgehead atoms. The van der Waals surface area contributed by atoms with E-state index in [1.807, 2.05) is 56.0 Å². The minimum absolute atomic E-state index is 0.00407. The molecule has 0 saturated carbocycles. The van der Waals surface area contributed by atoms with Crippen molar-refractivity contribution in [2.75, 3.05) is 64.9 Å². The molecule has 2 aromatic carbocycles. The van der Waals surface area contributed by atoms with Crippen molar-refractivity contribution in [3.8, 4) is 34.5 Å². The number of nitrogens with zero attached hydrogens (tertiary/aromatic N) is 6. The zero-order valence-electron chi connectivity index (χ0n) is 43.2. The van der Waals surface area contributed by atoms with Gasteiger partial charge in [0.25, 0.3) is 0 Å². The number of piperazine rings is 1. The van der Waals surface area contributed by atoms with Gasteiger partial charge in [-0.3, -0.25) is 14.8 Å². The van der Waals surface area contributed by atoms with Crippen molar-refractivity contribution < 1.29 is 42.4 Å². The average Bonchev–Trinajstić information content (AvgIpc) is 3.96. The highest BCUT2D eigenvalue weighted by molar-refractivity contribution is 6.90. The Bertz CT molecular complexity index is 2590. The van der Waals surface area contributed by atoms with Crippen molar-refractivity contribution in [1.82, 2.24) is 24.8 Å². The molecule has 0 N–H and O–H groups in total. The first-order valence-electron chi connectivity index (χ1n) is 25.4. The van der Waals surface area contributed by atoms with Gasteiger partial charge in [-0.25, -0.2) is 14.0 Å². The summed E-state index contributed by atoms with van der Waals surface area (Å²) < 4.78 is 52.9. The summed E-state index contributed by atoms with van der Waals surface area (Å²) >= 11 is 0. The lowest BCUT2D eigenvalue weighted by Crippen LogP contribution is -2.57. The maximum atomic E-state index is 18.1. The largest absolute Gasteiger partial charge is 0.468 e. The first-order valence-corrected chi connectivity index (χ1v) is 27.6. The molecule has 0 radical (unpaired) electrons. The van der Waals surface area contributed by atoms with E-state index < -0.39 is 19.5 Å². The Hall–Kier alpha value is -5.08. The monoisotopic (exact) mass is 981 g/mol. The Morgan fingerprint density at radius 1 is 0.971 bits per heavy atom. The fraction of sp³-hybridized carbons (Fsp3) is 0.611. The summed E-state index contributed by atoms with van der Waals surface area (Å²) in [4.78, 5) is 46.9. The summed E-state index contributed by atoms with van der Waals surface area (Å²) in [6.07, 6.45) is 6.61. The first kappa shape index (κ1) is 51.3. The molecule has 4 fully saturated rings. The summed E-state index contributed by atoms with van der Waals surface area (Å²) in [6.45, 7) is 23.9. The number of amides is 1. The van der Waals surface area contributed by atoms with E-state index in [0.717, 1.165) is 61.4 Å². The van der Waals surface area contributed by atoms with E-state index in [1.165, 1.54) is 0 Å². The lowest BCUT2D eigenvalue weighted by molar-refractivity contribution is -0.149. The number of anilines is 1. The maximum Gasteiger partial charge on any atom is 0.410 e. The van der Waals surface area contributed by atoms with E-state index in [1.54, 1.807) is 20.2 Å². The highest BCUT2D eigenvalue weighted by Crippen LogP contribution is 2.45. The lowest BCUT2D eigenvalue weighted by atomic mass is 9.95. The SMILES string of the molecule is CCOC(=O)COC[C@@H]1CC[C@]2(COc3nc(N4CC5CCC(C4)N5C(=O)OC(C)(C)C)c4cnc(-c5cc(OCOC)cc6cccc(C#C[Si](C(C)C)(C(C)C)C(C)C)c56)c(F)c4n3)CCCN12. The number of halogens is 1. The molecular formula is C54H73FN6O8Si. The van der Waals surface area contributed by atoms with Gasteiger partial charge in [-0.1, -0.05) is 59.6 Å². The Morgan fingerprint density at radius 3 is 2.37 bits per heavy atom. The molecule has 0 aliphatic carbocycles. The number of hydrogen-bond donors (Lipinski definition) is 0. The van der Waals surface area contributed by atoms with Crippen LogP contribution in [0.1, 0.15) is 113 Å². The molecule has 4 aliphatic rings. The summed E-state index contributed by atoms with van der Waals surface area (Å²) in [5, 5.41) is 2.04. The number of pyridine rings is 1. The van der Waals surface area contributed by atoms with Crippen LogP contribution in [0.4, 0.5) is 15.0 Å². The number of methoxy groups -OCH3 is 1. The molecule has 4 aliphatic heterocycles. The molecule has 378 valence electrons. The van der Waals surface area contributed by atoms with Crippen LogP contribution >= 0.6 is 0 Å². The molecule has 4 saturated heterocycles. The van der Waals surface area contributed by atoms with E-state index in [4.69, 9.17) is 43.4 Å². The van der Waals surface area contributed by atoms with Gasteiger partial charge < -0.3 is 33.3 Å². The summed E-state index contributed by atoms with van der Waals surface area (Å²) in [5.74, 6) is 3.67. The first-order chi connectivity index (χ1) is 33.4. The molecule has 0 spiro atoms. The molecule has 1 amide bonds. The van der Waals surface area contributed by atoms with Crippen LogP contribution in [0.15, 0.2) is 36.5 Å². The number of carbonyl (C=O) groups excluding carboxylic acids is 2. The van der Waals surface area contributed by atoms with Crippen molar-refractivity contribution >= 4 is 47.6 Å². The third-order valence-electron chi connectivity index (χ3n) is 15.2. The number of aromatic nitrogens is 3. The predicted molar refractivity (Wildman–Crippen MR) is 272 cm³/mol. The number of benzene rings is 2. The molecule has 70 heavy (non-hydrogen) atoms. The minimum atomic E-state index is -2.15. The maximum absolute atomic E-state index is 18.1. The molecule has 14 nitrogen and oxygen atoms in total. The van der Waals surface area contributed by atoms with Gasteiger partial charge in [0.1, 0.15) is 49.7 Å². The van der Waals surface area contributed by atoms with E-state index in [9.17, 15) is 9.59 Å². The Kier molecular flexibility index (Phi) is 15.3. The third-order valence-corrected chi connectivity index (χ3v) is 21.5. The van der Waals surface area contributed by atoms with Crippen LogP contribution < -0.4 is 14.4 Å². The zero-order valence-corrected chi connectivity index (χ0v) is 44.2. The minimum Gasteiger partial charge on any atom is -0.468 e. The van der Waals surface area contributed by atoms with Crippen LogP contribution in [0, 0.1) is 17.3 Å². The average molecular weight is 981 g/mol. The fourth-order valence-electron chi connectivity index (χ4n) is 12.2. The van der Waals surface area contributed by atoms with Gasteiger partial charge >= 0.3 is 18.1 Å². The highest BCUT2D eigenvalue weighted by atomic mass is 28.3. The van der Waals surface area contributed by atoms with Gasteiger partial charge in [0.05, 0.1) is 36.2 Å². The van der Waals surface area contributed by atoms with E-state index in [-0.39, 0.29) is 66.3 Å². The van der Waals surface area contributed by atoms with Gasteiger partial charge in [-0.15, -0.1) is 5.54 Å². The van der Waals surface area contributed by atoms with Crippen LogP contribution in [0.25, 0.3) is 32.9 Å². The molecule has 2 unspecified atom stereocenters. The Labute approximate surface area is 414 Å². The van der Waals surface area contributed by atoms with Crippen LogP contribution in [-0.4, -0.2) is 134 Å². The molecular weight excluding hydrogens is 908 g/mol. The number of hydrogen-bond acceptors (Lipinski definition) is 13. The summed E-state index contributed by atoms with van der Waals surface area (Å²) in [6, 6.07) is 9.66. The van der Waals surface area contributed by atoms with E-state index in [2.05, 4.69) is 62.8 Å². The van der Waals surface area contributed by atoms with Crippen molar-refractivity contribution in [3.05, 3.63) is 47.9 Å². The van der Waals surface area contributed by atoms with Crippen molar-refractivity contribution in [2.45, 2.75) is 154 Å². The topological polar surface area (TPSA) is 138 Å². The zero-order chi connectivity index (χ0) is 50.1. The Morgan fingerprint density at radius 2 is 1.70 bits per heavy atom. The van der Waals surface area contributed by atoms with Crippen LogP contribution in [0.5, 0.6) is 11.8 Å². The number of esters is 1. The van der Waals surface area contributed by atoms with Crippen LogP contribution in [0.3, 0.4) is 0 Å². The number of fused-ring (bicyclic) bond motifs is 5. The summed E-state index contributed by atoms with van der Waals surface area (Å²) in [7, 11) is -0.591. The van der Waals surface area contributed by atoms with Gasteiger partial charge in [-0.05, 0) is 113 Å². The number of rotatable bonds is 16. The number of ether oxygens (including phenoxy) is 6. The van der Waals surface area contributed by atoms with Gasteiger partial charge in [0.15, 0.2) is 12.6 Å². The molecule has 16 heteroatoms. The van der Waals surface area contributed by atoms with Crippen molar-refractivity contribution in [1.29, 1.82) is 0 Å².